The molecule has 0 spiro atoms. The van der Waals surface area contributed by atoms with Gasteiger partial charge >= 0.3 is 0 Å². The standard InChI is InChI=1S/C6H13N.C5H12N2.C2H6/c1-7-5-3-2-4-6-7;1-7-4-2-3-6-5-7;1-2/h2-6H2,1H3;6H,2-5H2,1H3;1-2H3. The van der Waals surface area contributed by atoms with Crippen molar-refractivity contribution in [3.8, 4) is 0 Å². The Hall–Kier alpha value is -0.120. The summed E-state index contributed by atoms with van der Waals surface area (Å²) in [5, 5.41) is 3.26. The Morgan fingerprint density at radius 3 is 1.56 bits per heavy atom. The molecule has 0 aromatic rings. The summed E-state index contributed by atoms with van der Waals surface area (Å²) < 4.78 is 0. The molecule has 2 fully saturated rings. The van der Waals surface area contributed by atoms with Crippen molar-refractivity contribution in [2.45, 2.75) is 39.5 Å². The molecule has 3 heteroatoms. The Morgan fingerprint density at radius 1 is 0.750 bits per heavy atom. The van der Waals surface area contributed by atoms with Crippen LogP contribution in [0.5, 0.6) is 0 Å². The molecule has 0 aliphatic carbocycles. The van der Waals surface area contributed by atoms with Gasteiger partial charge in [0.15, 0.2) is 0 Å². The number of hydrogen-bond acceptors (Lipinski definition) is 3. The molecule has 0 atom stereocenters. The summed E-state index contributed by atoms with van der Waals surface area (Å²) in [4.78, 5) is 4.67. The highest BCUT2D eigenvalue weighted by Crippen LogP contribution is 2.04. The molecule has 0 bridgehead atoms. The highest BCUT2D eigenvalue weighted by atomic mass is 15.2. The second-order valence-corrected chi connectivity index (χ2v) is 4.46. The van der Waals surface area contributed by atoms with Gasteiger partial charge in [0.25, 0.3) is 0 Å². The summed E-state index contributed by atoms with van der Waals surface area (Å²) in [5.41, 5.74) is 0. The SMILES string of the molecule is CC.CN1CCCCC1.CN1CCCNC1. The second-order valence-electron chi connectivity index (χ2n) is 4.46. The van der Waals surface area contributed by atoms with Crippen molar-refractivity contribution in [2.24, 2.45) is 0 Å². The molecule has 0 unspecified atom stereocenters. The van der Waals surface area contributed by atoms with E-state index >= 15 is 0 Å². The van der Waals surface area contributed by atoms with Gasteiger partial charge in [0.1, 0.15) is 0 Å². The summed E-state index contributed by atoms with van der Waals surface area (Å²) in [6, 6.07) is 0. The molecular weight excluding hydrogens is 198 g/mol. The Labute approximate surface area is 102 Å². The third-order valence-corrected chi connectivity index (χ3v) is 2.85. The quantitative estimate of drug-likeness (QED) is 0.685. The molecule has 2 saturated heterocycles. The molecule has 0 aromatic heterocycles. The van der Waals surface area contributed by atoms with Crippen LogP contribution < -0.4 is 5.32 Å². The lowest BCUT2D eigenvalue weighted by molar-refractivity contribution is 0.261. The van der Waals surface area contributed by atoms with Gasteiger partial charge in [0.2, 0.25) is 0 Å². The number of hydrogen-bond donors (Lipinski definition) is 1. The summed E-state index contributed by atoms with van der Waals surface area (Å²) in [5.74, 6) is 0. The molecule has 0 radical (unpaired) electrons. The fourth-order valence-corrected chi connectivity index (χ4v) is 1.87. The lowest BCUT2D eigenvalue weighted by Crippen LogP contribution is -2.38. The molecule has 0 saturated carbocycles. The van der Waals surface area contributed by atoms with Gasteiger partial charge in [-0.1, -0.05) is 20.3 Å². The molecule has 1 N–H and O–H groups in total. The topological polar surface area (TPSA) is 18.5 Å². The third-order valence-electron chi connectivity index (χ3n) is 2.85. The summed E-state index contributed by atoms with van der Waals surface area (Å²) in [6.45, 7) is 10.2. The highest BCUT2D eigenvalue weighted by Gasteiger charge is 2.02. The zero-order chi connectivity index (χ0) is 12.2. The minimum Gasteiger partial charge on any atom is -0.306 e. The fraction of sp³-hybridized carbons (Fsp3) is 1.00. The van der Waals surface area contributed by atoms with E-state index < -0.39 is 0 Å². The van der Waals surface area contributed by atoms with Crippen LogP contribution in [-0.2, 0) is 0 Å². The van der Waals surface area contributed by atoms with Crippen LogP contribution in [0.1, 0.15) is 39.5 Å². The maximum Gasteiger partial charge on any atom is 0.0477 e. The van der Waals surface area contributed by atoms with Crippen molar-refractivity contribution in [3.63, 3.8) is 0 Å². The van der Waals surface area contributed by atoms with Crippen molar-refractivity contribution in [3.05, 3.63) is 0 Å². The summed E-state index contributed by atoms with van der Waals surface area (Å²) in [6.07, 6.45) is 5.58. The molecule has 98 valence electrons. The normalized spacial score (nSPS) is 22.5. The molecule has 0 amide bonds. The number of nitrogens with zero attached hydrogens (tertiary/aromatic N) is 2. The average Bonchev–Trinajstić information content (AvgIpc) is 2.34. The molecule has 2 aliphatic heterocycles. The van der Waals surface area contributed by atoms with E-state index in [1.54, 1.807) is 0 Å². The average molecular weight is 229 g/mol. The Bertz CT molecular complexity index is 111. The van der Waals surface area contributed by atoms with Gasteiger partial charge in [-0.2, -0.15) is 0 Å². The van der Waals surface area contributed by atoms with Crippen molar-refractivity contribution in [2.75, 3.05) is 46.9 Å². The first kappa shape index (κ1) is 15.9. The maximum absolute atomic E-state index is 3.26. The van der Waals surface area contributed by atoms with Crippen molar-refractivity contribution in [1.29, 1.82) is 0 Å². The maximum atomic E-state index is 3.26. The highest BCUT2D eigenvalue weighted by molar-refractivity contribution is 4.58. The van der Waals surface area contributed by atoms with Crippen LogP contribution in [0.25, 0.3) is 0 Å². The van der Waals surface area contributed by atoms with Gasteiger partial charge in [-0.25, -0.2) is 0 Å². The molecule has 16 heavy (non-hydrogen) atoms. The van der Waals surface area contributed by atoms with E-state index in [0.29, 0.717) is 0 Å². The minimum absolute atomic E-state index is 1.07. The van der Waals surface area contributed by atoms with Crippen LogP contribution in [0.3, 0.4) is 0 Å². The molecule has 0 aromatic carbocycles. The molecule has 2 aliphatic rings. The van der Waals surface area contributed by atoms with E-state index in [9.17, 15) is 0 Å². The fourth-order valence-electron chi connectivity index (χ4n) is 1.87. The molecule has 2 heterocycles. The van der Waals surface area contributed by atoms with Crippen molar-refractivity contribution in [1.82, 2.24) is 15.1 Å². The van der Waals surface area contributed by atoms with Crippen LogP contribution in [0.15, 0.2) is 0 Å². The van der Waals surface area contributed by atoms with Gasteiger partial charge in [-0.05, 0) is 53.0 Å². The number of likely N-dealkylation sites (tertiary alicyclic amines) is 1. The van der Waals surface area contributed by atoms with Crippen molar-refractivity contribution >= 4 is 0 Å². The number of nitrogens with one attached hydrogen (secondary N) is 1. The Balaban J connectivity index is 0.000000244. The van der Waals surface area contributed by atoms with Gasteiger partial charge in [-0.15, -0.1) is 0 Å². The number of rotatable bonds is 0. The van der Waals surface area contributed by atoms with Gasteiger partial charge < -0.3 is 10.2 Å². The largest absolute Gasteiger partial charge is 0.306 e. The first-order chi connectivity index (χ1) is 7.79. The van der Waals surface area contributed by atoms with Gasteiger partial charge in [0.05, 0.1) is 0 Å². The van der Waals surface area contributed by atoms with E-state index in [0.717, 1.165) is 6.67 Å². The Morgan fingerprint density at radius 2 is 1.31 bits per heavy atom. The number of piperidine rings is 1. The zero-order valence-corrected chi connectivity index (χ0v) is 11.8. The first-order valence-corrected chi connectivity index (χ1v) is 6.87. The molecule has 2 rings (SSSR count). The smallest absolute Gasteiger partial charge is 0.0477 e. The monoisotopic (exact) mass is 229 g/mol. The van der Waals surface area contributed by atoms with E-state index in [1.807, 2.05) is 13.8 Å². The van der Waals surface area contributed by atoms with Gasteiger partial charge in [0, 0.05) is 13.2 Å². The van der Waals surface area contributed by atoms with E-state index in [1.165, 1.54) is 51.9 Å². The second kappa shape index (κ2) is 11.4. The first-order valence-electron chi connectivity index (χ1n) is 6.87. The lowest BCUT2D eigenvalue weighted by atomic mass is 10.1. The molecule has 3 nitrogen and oxygen atoms in total. The Kier molecular flexibility index (Phi) is 11.3. The van der Waals surface area contributed by atoms with Crippen molar-refractivity contribution < 1.29 is 0 Å². The third kappa shape index (κ3) is 9.13. The van der Waals surface area contributed by atoms with E-state index in [2.05, 4.69) is 29.2 Å². The minimum atomic E-state index is 1.07. The van der Waals surface area contributed by atoms with E-state index in [-0.39, 0.29) is 0 Å². The van der Waals surface area contributed by atoms with Crippen LogP contribution in [0.4, 0.5) is 0 Å². The zero-order valence-electron chi connectivity index (χ0n) is 11.8. The summed E-state index contributed by atoms with van der Waals surface area (Å²) >= 11 is 0. The van der Waals surface area contributed by atoms with Crippen LogP contribution >= 0.6 is 0 Å². The van der Waals surface area contributed by atoms with Crippen LogP contribution in [0.2, 0.25) is 0 Å². The van der Waals surface area contributed by atoms with E-state index in [4.69, 9.17) is 0 Å². The van der Waals surface area contributed by atoms with Crippen LogP contribution in [-0.4, -0.2) is 56.7 Å². The lowest BCUT2D eigenvalue weighted by Gasteiger charge is -2.22. The molecular formula is C13H31N3. The van der Waals surface area contributed by atoms with Gasteiger partial charge in [-0.3, -0.25) is 4.90 Å². The van der Waals surface area contributed by atoms with Crippen LogP contribution in [0, 0.1) is 0 Å². The predicted molar refractivity (Wildman–Crippen MR) is 72.8 cm³/mol. The predicted octanol–water partition coefficient (Wildman–Crippen LogP) is 2.00. The summed E-state index contributed by atoms with van der Waals surface area (Å²) in [7, 11) is 4.32.